The topological polar surface area (TPSA) is 49.7 Å². The average Bonchev–Trinajstić information content (AvgIpc) is 2.19. The van der Waals surface area contributed by atoms with Crippen molar-refractivity contribution < 1.29 is 14.9 Å². The Balaban J connectivity index is 3.03. The molecule has 1 atom stereocenters. The molecular weight excluding hydrogens is 274 g/mol. The molecule has 0 radical (unpaired) electrons. The van der Waals surface area contributed by atoms with Crippen LogP contribution in [0, 0.1) is 0 Å². The van der Waals surface area contributed by atoms with Gasteiger partial charge in [0.2, 0.25) is 3.79 Å². The number of ether oxygens (including phenoxy) is 1. The second-order valence-electron chi connectivity index (χ2n) is 3.10. The molecule has 0 amide bonds. The molecule has 90 valence electrons. The summed E-state index contributed by atoms with van der Waals surface area (Å²) < 4.78 is 3.33. The van der Waals surface area contributed by atoms with Gasteiger partial charge in [-0.1, -0.05) is 40.9 Å². The summed E-state index contributed by atoms with van der Waals surface area (Å²) in [5.74, 6) is 0.218. The molecule has 0 bridgehead atoms. The number of phenolic OH excluding ortho intramolecular Hbond substituents is 1. The van der Waals surface area contributed by atoms with Crippen LogP contribution in [0.4, 0.5) is 0 Å². The largest absolute Gasteiger partial charge is 0.504 e. The lowest BCUT2D eigenvalue weighted by atomic mass is 10.1. The Labute approximate surface area is 109 Å². The molecule has 0 saturated carbocycles. The zero-order valence-electron chi connectivity index (χ0n) is 8.45. The van der Waals surface area contributed by atoms with Gasteiger partial charge in [0.25, 0.3) is 0 Å². The van der Waals surface area contributed by atoms with Gasteiger partial charge in [0, 0.05) is 0 Å². The standard InChI is InChI=1S/C10H11Cl3O3/c1-2-16-8-5-6(3-4-7(8)14)9(15)10(11,12)13/h3-5,9,14-15H,2H2,1H3/t9-/m0/s1. The number of alkyl halides is 3. The highest BCUT2D eigenvalue weighted by atomic mass is 35.6. The zero-order chi connectivity index (χ0) is 12.3. The van der Waals surface area contributed by atoms with E-state index >= 15 is 0 Å². The fraction of sp³-hybridized carbons (Fsp3) is 0.400. The molecule has 0 heterocycles. The molecule has 16 heavy (non-hydrogen) atoms. The molecule has 0 saturated heterocycles. The van der Waals surface area contributed by atoms with Gasteiger partial charge in [0.1, 0.15) is 6.10 Å². The number of aliphatic hydroxyl groups is 1. The highest BCUT2D eigenvalue weighted by molar-refractivity contribution is 6.68. The molecule has 1 aromatic rings. The summed E-state index contributed by atoms with van der Waals surface area (Å²) in [5.41, 5.74) is 0.362. The molecule has 0 unspecified atom stereocenters. The Morgan fingerprint density at radius 1 is 1.38 bits per heavy atom. The predicted molar refractivity (Wildman–Crippen MR) is 64.5 cm³/mol. The van der Waals surface area contributed by atoms with Gasteiger partial charge in [-0.05, 0) is 24.6 Å². The lowest BCUT2D eigenvalue weighted by Gasteiger charge is -2.20. The van der Waals surface area contributed by atoms with Gasteiger partial charge in [0.05, 0.1) is 6.61 Å². The Kier molecular flexibility index (Phi) is 4.56. The fourth-order valence-electron chi connectivity index (χ4n) is 1.16. The number of benzene rings is 1. The lowest BCUT2D eigenvalue weighted by molar-refractivity contribution is 0.181. The van der Waals surface area contributed by atoms with E-state index < -0.39 is 9.90 Å². The van der Waals surface area contributed by atoms with E-state index in [9.17, 15) is 10.2 Å². The van der Waals surface area contributed by atoms with E-state index in [-0.39, 0.29) is 11.5 Å². The van der Waals surface area contributed by atoms with Crippen molar-refractivity contribution in [3.8, 4) is 11.5 Å². The summed E-state index contributed by atoms with van der Waals surface area (Å²) >= 11 is 16.7. The van der Waals surface area contributed by atoms with E-state index in [1.807, 2.05) is 0 Å². The molecule has 0 aliphatic carbocycles. The highest BCUT2D eigenvalue weighted by Gasteiger charge is 2.32. The summed E-state index contributed by atoms with van der Waals surface area (Å²) in [7, 11) is 0. The van der Waals surface area contributed by atoms with Gasteiger partial charge in [-0.2, -0.15) is 0 Å². The SMILES string of the molecule is CCOc1cc([C@H](O)C(Cl)(Cl)Cl)ccc1O. The minimum atomic E-state index is -1.82. The molecule has 0 aliphatic rings. The Hall–Kier alpha value is -0.350. The van der Waals surface area contributed by atoms with E-state index in [2.05, 4.69) is 0 Å². The van der Waals surface area contributed by atoms with Crippen LogP contribution in [0.2, 0.25) is 0 Å². The molecular formula is C10H11Cl3O3. The van der Waals surface area contributed by atoms with Crippen LogP contribution in [0.5, 0.6) is 11.5 Å². The number of phenols is 1. The Morgan fingerprint density at radius 3 is 2.50 bits per heavy atom. The first kappa shape index (κ1) is 13.7. The van der Waals surface area contributed by atoms with Crippen LogP contribution in [0.15, 0.2) is 18.2 Å². The number of hydrogen-bond donors (Lipinski definition) is 2. The Morgan fingerprint density at radius 2 is 2.00 bits per heavy atom. The maximum Gasteiger partial charge on any atom is 0.220 e. The van der Waals surface area contributed by atoms with Crippen LogP contribution in [0.3, 0.4) is 0 Å². The molecule has 0 aromatic heterocycles. The molecule has 3 nitrogen and oxygen atoms in total. The van der Waals surface area contributed by atoms with Gasteiger partial charge in [0.15, 0.2) is 11.5 Å². The molecule has 2 N–H and O–H groups in total. The van der Waals surface area contributed by atoms with Gasteiger partial charge < -0.3 is 14.9 Å². The molecule has 6 heteroatoms. The summed E-state index contributed by atoms with van der Waals surface area (Å²) in [6.07, 6.45) is -1.28. The van der Waals surface area contributed by atoms with E-state index in [0.717, 1.165) is 0 Å². The van der Waals surface area contributed by atoms with Crippen molar-refractivity contribution >= 4 is 34.8 Å². The van der Waals surface area contributed by atoms with Crippen molar-refractivity contribution in [3.63, 3.8) is 0 Å². The predicted octanol–water partition coefficient (Wildman–Crippen LogP) is 3.19. The van der Waals surface area contributed by atoms with Crippen molar-refractivity contribution in [2.24, 2.45) is 0 Å². The van der Waals surface area contributed by atoms with Crippen LogP contribution in [-0.4, -0.2) is 20.6 Å². The first-order valence-corrected chi connectivity index (χ1v) is 5.70. The molecule has 0 fully saturated rings. The van der Waals surface area contributed by atoms with Crippen LogP contribution >= 0.6 is 34.8 Å². The van der Waals surface area contributed by atoms with E-state index in [4.69, 9.17) is 39.5 Å². The van der Waals surface area contributed by atoms with Gasteiger partial charge in [-0.25, -0.2) is 0 Å². The van der Waals surface area contributed by atoms with Crippen LogP contribution in [0.1, 0.15) is 18.6 Å². The minimum Gasteiger partial charge on any atom is -0.504 e. The summed E-state index contributed by atoms with van der Waals surface area (Å²) in [6, 6.07) is 4.27. The van der Waals surface area contributed by atoms with Crippen molar-refractivity contribution in [2.45, 2.75) is 16.8 Å². The highest BCUT2D eigenvalue weighted by Crippen LogP contribution is 2.41. The number of aliphatic hydroxyl groups excluding tert-OH is 1. The number of hydrogen-bond acceptors (Lipinski definition) is 3. The minimum absolute atomic E-state index is 0.0258. The van der Waals surface area contributed by atoms with Gasteiger partial charge >= 0.3 is 0 Å². The molecule has 1 aromatic carbocycles. The van der Waals surface area contributed by atoms with E-state index in [1.54, 1.807) is 6.92 Å². The monoisotopic (exact) mass is 284 g/mol. The van der Waals surface area contributed by atoms with Crippen LogP contribution in [0.25, 0.3) is 0 Å². The first-order chi connectivity index (χ1) is 7.36. The van der Waals surface area contributed by atoms with E-state index in [0.29, 0.717) is 12.2 Å². The lowest BCUT2D eigenvalue weighted by Crippen LogP contribution is -2.16. The number of aromatic hydroxyl groups is 1. The summed E-state index contributed by atoms with van der Waals surface area (Å²) in [5, 5.41) is 19.2. The molecule has 0 spiro atoms. The molecule has 0 aliphatic heterocycles. The third-order valence-corrected chi connectivity index (χ3v) is 2.53. The maximum atomic E-state index is 9.71. The van der Waals surface area contributed by atoms with Crippen molar-refractivity contribution in [2.75, 3.05) is 6.61 Å². The van der Waals surface area contributed by atoms with Crippen molar-refractivity contribution in [1.82, 2.24) is 0 Å². The normalized spacial score (nSPS) is 13.6. The smallest absolute Gasteiger partial charge is 0.220 e. The van der Waals surface area contributed by atoms with Crippen molar-refractivity contribution in [1.29, 1.82) is 0 Å². The summed E-state index contributed by atoms with van der Waals surface area (Å²) in [4.78, 5) is 0. The van der Waals surface area contributed by atoms with E-state index in [1.165, 1.54) is 18.2 Å². The van der Waals surface area contributed by atoms with Gasteiger partial charge in [-0.15, -0.1) is 0 Å². The second-order valence-corrected chi connectivity index (χ2v) is 5.47. The fourth-order valence-corrected chi connectivity index (χ4v) is 1.54. The molecule has 1 rings (SSSR count). The van der Waals surface area contributed by atoms with Gasteiger partial charge in [-0.3, -0.25) is 0 Å². The zero-order valence-corrected chi connectivity index (χ0v) is 10.7. The first-order valence-electron chi connectivity index (χ1n) is 4.56. The third-order valence-electron chi connectivity index (χ3n) is 1.91. The average molecular weight is 286 g/mol. The van der Waals surface area contributed by atoms with Crippen molar-refractivity contribution in [3.05, 3.63) is 23.8 Å². The number of rotatable bonds is 3. The third kappa shape index (κ3) is 3.32. The van der Waals surface area contributed by atoms with Crippen LogP contribution < -0.4 is 4.74 Å². The summed E-state index contributed by atoms with van der Waals surface area (Å²) in [6.45, 7) is 2.17. The Bertz CT molecular complexity index is 363. The maximum absolute atomic E-state index is 9.71. The second kappa shape index (κ2) is 5.32. The van der Waals surface area contributed by atoms with Crippen LogP contribution in [-0.2, 0) is 0 Å². The quantitative estimate of drug-likeness (QED) is 0.839. The number of halogens is 3.